The summed E-state index contributed by atoms with van der Waals surface area (Å²) in [6.07, 6.45) is 2.27. The molecule has 0 bridgehead atoms. The Morgan fingerprint density at radius 1 is 1.03 bits per heavy atom. The maximum Gasteiger partial charge on any atom is 0.225 e. The fourth-order valence-corrected chi connectivity index (χ4v) is 3.98. The van der Waals surface area contributed by atoms with Crippen LogP contribution in [0.15, 0.2) is 48.5 Å². The number of aromatic nitrogens is 4. The lowest BCUT2D eigenvalue weighted by Crippen LogP contribution is -2.19. The average Bonchev–Trinajstić information content (AvgIpc) is 3.50. The van der Waals surface area contributed by atoms with Gasteiger partial charge in [-0.2, -0.15) is 4.98 Å². The summed E-state index contributed by atoms with van der Waals surface area (Å²) >= 11 is 0. The van der Waals surface area contributed by atoms with E-state index in [1.807, 2.05) is 48.5 Å². The summed E-state index contributed by atoms with van der Waals surface area (Å²) in [7, 11) is 3.27. The molecule has 1 aliphatic rings. The number of benzene rings is 2. The van der Waals surface area contributed by atoms with Crippen LogP contribution < -0.4 is 20.5 Å². The second kappa shape index (κ2) is 8.95. The highest BCUT2D eigenvalue weighted by molar-refractivity contribution is 5.99. The van der Waals surface area contributed by atoms with Crippen molar-refractivity contribution in [3.8, 4) is 28.4 Å². The van der Waals surface area contributed by atoms with Crippen molar-refractivity contribution in [3.05, 3.63) is 48.5 Å². The average molecular weight is 447 g/mol. The van der Waals surface area contributed by atoms with Gasteiger partial charge in [0.25, 0.3) is 0 Å². The van der Waals surface area contributed by atoms with Crippen LogP contribution >= 0.6 is 0 Å². The van der Waals surface area contributed by atoms with E-state index in [1.165, 1.54) is 0 Å². The standard InChI is InChI=1S/C24H26N6O3/c1-31-17-9-5-15(6-10-17)21-20-22(25)30(16-7-11-18(32-2)12-8-16)29-23(20)28-24(27-21)26-14-19-4-3-13-33-19/h5-12,19H,3-4,13-14,25H2,1-2H3,(H,26,28,29)/t19-/m1/s1. The third-order valence-corrected chi connectivity index (χ3v) is 5.76. The van der Waals surface area contributed by atoms with Gasteiger partial charge in [-0.15, -0.1) is 5.10 Å². The summed E-state index contributed by atoms with van der Waals surface area (Å²) in [5.74, 6) is 2.48. The predicted octanol–water partition coefficient (Wildman–Crippen LogP) is 3.67. The minimum atomic E-state index is 0.163. The number of nitrogens with two attached hydrogens (primary N) is 1. The number of rotatable bonds is 7. The van der Waals surface area contributed by atoms with Crippen LogP contribution in [0.4, 0.5) is 11.8 Å². The molecule has 33 heavy (non-hydrogen) atoms. The summed E-state index contributed by atoms with van der Waals surface area (Å²) in [5, 5.41) is 8.71. The van der Waals surface area contributed by atoms with Gasteiger partial charge in [-0.3, -0.25) is 0 Å². The molecule has 9 nitrogen and oxygen atoms in total. The molecule has 0 aliphatic carbocycles. The Bertz CT molecular complexity index is 1250. The van der Waals surface area contributed by atoms with E-state index in [2.05, 4.69) is 10.3 Å². The number of nitrogen functional groups attached to an aromatic ring is 1. The molecule has 0 saturated carbocycles. The first kappa shape index (κ1) is 21.0. The Morgan fingerprint density at radius 2 is 1.73 bits per heavy atom. The van der Waals surface area contributed by atoms with Crippen molar-refractivity contribution in [2.24, 2.45) is 0 Å². The molecule has 1 atom stereocenters. The summed E-state index contributed by atoms with van der Waals surface area (Å²) < 4.78 is 18.0. The second-order valence-electron chi connectivity index (χ2n) is 7.83. The van der Waals surface area contributed by atoms with Crippen molar-refractivity contribution in [1.29, 1.82) is 0 Å². The summed E-state index contributed by atoms with van der Waals surface area (Å²) in [6.45, 7) is 1.44. The Hall–Kier alpha value is -3.85. The Morgan fingerprint density at radius 3 is 2.36 bits per heavy atom. The molecule has 0 amide bonds. The van der Waals surface area contributed by atoms with Gasteiger partial charge >= 0.3 is 0 Å². The molecular formula is C24H26N6O3. The van der Waals surface area contributed by atoms with Crippen molar-refractivity contribution in [1.82, 2.24) is 19.7 Å². The molecule has 1 aliphatic heterocycles. The highest BCUT2D eigenvalue weighted by atomic mass is 16.5. The molecule has 2 aromatic carbocycles. The smallest absolute Gasteiger partial charge is 0.225 e. The maximum atomic E-state index is 6.58. The van der Waals surface area contributed by atoms with Gasteiger partial charge in [0.05, 0.1) is 37.1 Å². The highest BCUT2D eigenvalue weighted by Gasteiger charge is 2.21. The van der Waals surface area contributed by atoms with Gasteiger partial charge in [0.15, 0.2) is 5.65 Å². The molecule has 9 heteroatoms. The fourth-order valence-electron chi connectivity index (χ4n) is 3.98. The fraction of sp³-hybridized carbons (Fsp3) is 0.292. The van der Waals surface area contributed by atoms with E-state index in [4.69, 9.17) is 30.0 Å². The van der Waals surface area contributed by atoms with Gasteiger partial charge in [-0.1, -0.05) is 0 Å². The summed E-state index contributed by atoms with van der Waals surface area (Å²) in [6, 6.07) is 15.2. The van der Waals surface area contributed by atoms with Crippen LogP contribution in [0.3, 0.4) is 0 Å². The zero-order valence-corrected chi connectivity index (χ0v) is 18.6. The first-order valence-electron chi connectivity index (χ1n) is 10.9. The third kappa shape index (κ3) is 4.14. The number of hydrogen-bond donors (Lipinski definition) is 2. The van der Waals surface area contributed by atoms with Gasteiger partial charge < -0.3 is 25.3 Å². The van der Waals surface area contributed by atoms with E-state index in [-0.39, 0.29) is 6.10 Å². The largest absolute Gasteiger partial charge is 0.497 e. The minimum absolute atomic E-state index is 0.163. The lowest BCUT2D eigenvalue weighted by atomic mass is 10.1. The van der Waals surface area contributed by atoms with Crippen molar-refractivity contribution in [2.75, 3.05) is 38.4 Å². The van der Waals surface area contributed by atoms with Crippen LogP contribution in [-0.2, 0) is 4.74 Å². The van der Waals surface area contributed by atoms with Crippen LogP contribution in [0.1, 0.15) is 12.8 Å². The van der Waals surface area contributed by atoms with E-state index < -0.39 is 0 Å². The van der Waals surface area contributed by atoms with Crippen LogP contribution in [-0.4, -0.2) is 53.2 Å². The second-order valence-corrected chi connectivity index (χ2v) is 7.83. The zero-order valence-electron chi connectivity index (χ0n) is 18.6. The number of methoxy groups -OCH3 is 2. The molecule has 0 radical (unpaired) electrons. The zero-order chi connectivity index (χ0) is 22.8. The van der Waals surface area contributed by atoms with Crippen molar-refractivity contribution >= 4 is 22.8 Å². The molecule has 1 saturated heterocycles. The van der Waals surface area contributed by atoms with Crippen LogP contribution in [0.25, 0.3) is 28.0 Å². The number of anilines is 2. The van der Waals surface area contributed by atoms with E-state index in [0.29, 0.717) is 35.0 Å². The van der Waals surface area contributed by atoms with Crippen molar-refractivity contribution < 1.29 is 14.2 Å². The molecule has 1 fully saturated rings. The lowest BCUT2D eigenvalue weighted by molar-refractivity contribution is 0.120. The first-order chi connectivity index (χ1) is 16.2. The molecule has 0 unspecified atom stereocenters. The number of ether oxygens (including phenoxy) is 3. The molecular weight excluding hydrogens is 420 g/mol. The van der Waals surface area contributed by atoms with E-state index in [9.17, 15) is 0 Å². The lowest BCUT2D eigenvalue weighted by Gasteiger charge is -2.12. The molecule has 170 valence electrons. The molecule has 5 rings (SSSR count). The third-order valence-electron chi connectivity index (χ3n) is 5.76. The van der Waals surface area contributed by atoms with Crippen molar-refractivity contribution in [2.45, 2.75) is 18.9 Å². The van der Waals surface area contributed by atoms with Crippen molar-refractivity contribution in [3.63, 3.8) is 0 Å². The summed E-state index contributed by atoms with van der Waals surface area (Å²) in [5.41, 5.74) is 9.50. The normalized spacial score (nSPS) is 15.6. The topological polar surface area (TPSA) is 109 Å². The SMILES string of the molecule is COc1ccc(-c2nc(NC[C@H]3CCCO3)nc3nn(-c4ccc(OC)cc4)c(N)c23)cc1. The number of fused-ring (bicyclic) bond motifs is 1. The van der Waals surface area contributed by atoms with Crippen LogP contribution in [0, 0.1) is 0 Å². The van der Waals surface area contributed by atoms with E-state index >= 15 is 0 Å². The van der Waals surface area contributed by atoms with Gasteiger partial charge in [-0.25, -0.2) is 9.67 Å². The monoisotopic (exact) mass is 446 g/mol. The number of nitrogens with zero attached hydrogens (tertiary/aromatic N) is 4. The number of nitrogens with one attached hydrogen (secondary N) is 1. The first-order valence-corrected chi connectivity index (χ1v) is 10.9. The predicted molar refractivity (Wildman–Crippen MR) is 127 cm³/mol. The van der Waals surface area contributed by atoms with Gasteiger partial charge in [0, 0.05) is 18.7 Å². The van der Waals surface area contributed by atoms with Gasteiger partial charge in [0.2, 0.25) is 5.95 Å². The van der Waals surface area contributed by atoms with Gasteiger partial charge in [-0.05, 0) is 61.4 Å². The Labute approximate surface area is 191 Å². The summed E-state index contributed by atoms with van der Waals surface area (Å²) in [4.78, 5) is 9.47. The Balaban J connectivity index is 1.60. The van der Waals surface area contributed by atoms with Gasteiger partial charge in [0.1, 0.15) is 17.3 Å². The van der Waals surface area contributed by atoms with Crippen LogP contribution in [0.5, 0.6) is 11.5 Å². The maximum absolute atomic E-state index is 6.58. The minimum Gasteiger partial charge on any atom is -0.497 e. The molecule has 0 spiro atoms. The van der Waals surface area contributed by atoms with E-state index in [0.717, 1.165) is 42.2 Å². The molecule has 3 N–H and O–H groups in total. The highest BCUT2D eigenvalue weighted by Crippen LogP contribution is 2.33. The number of hydrogen-bond acceptors (Lipinski definition) is 8. The van der Waals surface area contributed by atoms with E-state index in [1.54, 1.807) is 18.9 Å². The molecule has 2 aromatic heterocycles. The van der Waals surface area contributed by atoms with Crippen LogP contribution in [0.2, 0.25) is 0 Å². The molecule has 4 aromatic rings. The quantitative estimate of drug-likeness (QED) is 0.443. The Kier molecular flexibility index (Phi) is 5.70. The molecule has 3 heterocycles.